The molecule has 0 saturated carbocycles. The van der Waals surface area contributed by atoms with Gasteiger partial charge in [0, 0.05) is 11.5 Å². The van der Waals surface area contributed by atoms with E-state index in [0.717, 1.165) is 0 Å². The lowest BCUT2D eigenvalue weighted by molar-refractivity contribution is -0.152. The van der Waals surface area contributed by atoms with E-state index in [0.29, 0.717) is 17.9 Å². The predicted octanol–water partition coefficient (Wildman–Crippen LogP) is 3.62. The predicted molar refractivity (Wildman–Crippen MR) is 79.8 cm³/mol. The van der Waals surface area contributed by atoms with Gasteiger partial charge in [0.2, 0.25) is 0 Å². The number of benzene rings is 1. The smallest absolute Gasteiger partial charge is 0.334 e. The molecule has 0 aliphatic rings. The van der Waals surface area contributed by atoms with Crippen molar-refractivity contribution >= 4 is 17.6 Å². The highest BCUT2D eigenvalue weighted by molar-refractivity contribution is 6.17. The number of halogens is 1. The molecule has 0 spiro atoms. The Kier molecular flexibility index (Phi) is 8.12. The van der Waals surface area contributed by atoms with Crippen LogP contribution in [0.5, 0.6) is 0 Å². The number of hydrogen-bond donors (Lipinski definition) is 1. The second-order valence-electron chi connectivity index (χ2n) is 4.46. The van der Waals surface area contributed by atoms with E-state index in [1.165, 1.54) is 5.56 Å². The van der Waals surface area contributed by atoms with Crippen molar-refractivity contribution in [2.24, 2.45) is 5.73 Å². The monoisotopic (exact) mass is 283 g/mol. The van der Waals surface area contributed by atoms with Gasteiger partial charge >= 0.3 is 5.97 Å². The summed E-state index contributed by atoms with van der Waals surface area (Å²) in [5, 5.41) is 0. The van der Waals surface area contributed by atoms with Crippen LogP contribution in [-0.2, 0) is 15.4 Å². The molecule has 0 amide bonds. The van der Waals surface area contributed by atoms with Crippen molar-refractivity contribution in [2.75, 3.05) is 0 Å². The van der Waals surface area contributed by atoms with Gasteiger partial charge in [-0.3, -0.25) is 5.73 Å². The zero-order valence-corrected chi connectivity index (χ0v) is 12.5. The fourth-order valence-corrected chi connectivity index (χ4v) is 1.12. The van der Waals surface area contributed by atoms with Crippen molar-refractivity contribution in [3.05, 3.63) is 48.0 Å². The summed E-state index contributed by atoms with van der Waals surface area (Å²) in [4.78, 5) is 10.9. The zero-order chi connectivity index (χ0) is 14.9. The Labute approximate surface area is 120 Å². The minimum absolute atomic E-state index is 0.370. The first-order valence-electron chi connectivity index (χ1n) is 6.10. The van der Waals surface area contributed by atoms with Crippen molar-refractivity contribution in [1.29, 1.82) is 0 Å². The average Bonchev–Trinajstić information content (AvgIpc) is 2.40. The van der Waals surface area contributed by atoms with Gasteiger partial charge < -0.3 is 4.74 Å². The molecule has 1 unspecified atom stereocenters. The van der Waals surface area contributed by atoms with E-state index in [-0.39, 0.29) is 0 Å². The number of hydrogen-bond acceptors (Lipinski definition) is 3. The summed E-state index contributed by atoms with van der Waals surface area (Å²) in [7, 11) is 0. The van der Waals surface area contributed by atoms with Crippen LogP contribution in [0.25, 0.3) is 0 Å². The van der Waals surface area contributed by atoms with Crippen molar-refractivity contribution in [3.63, 3.8) is 0 Å². The van der Waals surface area contributed by atoms with Gasteiger partial charge in [0.05, 0.1) is 0 Å². The van der Waals surface area contributed by atoms with Crippen LogP contribution in [0.2, 0.25) is 0 Å². The molecule has 19 heavy (non-hydrogen) atoms. The topological polar surface area (TPSA) is 52.3 Å². The van der Waals surface area contributed by atoms with Crippen LogP contribution in [0, 0.1) is 0 Å². The Morgan fingerprint density at radius 1 is 1.42 bits per heavy atom. The largest absolute Gasteiger partial charge is 0.441 e. The van der Waals surface area contributed by atoms with Crippen LogP contribution >= 0.6 is 11.6 Å². The highest BCUT2D eigenvalue weighted by atomic mass is 35.5. The van der Waals surface area contributed by atoms with Crippen LogP contribution in [-0.4, -0.2) is 11.7 Å². The third-order valence-electron chi connectivity index (χ3n) is 2.37. The normalized spacial score (nSPS) is 12.7. The molecule has 4 heteroatoms. The number of esters is 1. The molecule has 3 nitrogen and oxygen atoms in total. The highest BCUT2D eigenvalue weighted by Gasteiger charge is 2.20. The van der Waals surface area contributed by atoms with E-state index in [9.17, 15) is 4.79 Å². The van der Waals surface area contributed by atoms with Crippen LogP contribution in [0.4, 0.5) is 0 Å². The van der Waals surface area contributed by atoms with Crippen LogP contribution < -0.4 is 5.73 Å². The summed E-state index contributed by atoms with van der Waals surface area (Å²) in [5.74, 6) is 0.178. The lowest BCUT2D eigenvalue weighted by atomic mass is 10.2. The maximum absolute atomic E-state index is 10.9. The fraction of sp³-hybridized carbons (Fsp3) is 0.400. The van der Waals surface area contributed by atoms with E-state index >= 15 is 0 Å². The Hall–Kier alpha value is -1.32. The molecular formula is C15H22ClNO2. The van der Waals surface area contributed by atoms with Gasteiger partial charge in [-0.05, 0) is 25.8 Å². The lowest BCUT2D eigenvalue weighted by Crippen LogP contribution is -2.40. The van der Waals surface area contributed by atoms with Crippen molar-refractivity contribution < 1.29 is 9.53 Å². The summed E-state index contributed by atoms with van der Waals surface area (Å²) in [6.07, 6.45) is 0.589. The molecule has 1 rings (SSSR count). The van der Waals surface area contributed by atoms with E-state index in [1.807, 2.05) is 37.3 Å². The van der Waals surface area contributed by atoms with Gasteiger partial charge in [-0.15, -0.1) is 11.6 Å². The molecule has 0 aliphatic heterocycles. The quantitative estimate of drug-likeness (QED) is 0.397. The van der Waals surface area contributed by atoms with Crippen molar-refractivity contribution in [3.8, 4) is 0 Å². The minimum Gasteiger partial charge on any atom is -0.441 e. The van der Waals surface area contributed by atoms with Crippen LogP contribution in [0.3, 0.4) is 0 Å². The first-order chi connectivity index (χ1) is 8.82. The summed E-state index contributed by atoms with van der Waals surface area (Å²) >= 11 is 5.53. The minimum atomic E-state index is -0.865. The molecule has 106 valence electrons. The highest BCUT2D eigenvalue weighted by Crippen LogP contribution is 2.09. The van der Waals surface area contributed by atoms with Gasteiger partial charge in [0.25, 0.3) is 0 Å². The first-order valence-corrected chi connectivity index (χ1v) is 6.63. The summed E-state index contributed by atoms with van der Waals surface area (Å²) in [5.41, 5.74) is 6.25. The SMILES string of the molecule is C=C(C)C(=O)OC(C)(N)CC.ClCc1ccccc1. The second kappa shape index (κ2) is 8.73. The molecule has 0 bridgehead atoms. The third-order valence-corrected chi connectivity index (χ3v) is 2.68. The standard InChI is InChI=1S/C8H15NO2.C7H7Cl/c1-5-8(4,9)11-7(10)6(2)3;8-6-7-4-2-1-3-5-7/h2,5,9H2,1,3-4H3;1-5H,6H2. The Balaban J connectivity index is 0.000000356. The van der Waals surface area contributed by atoms with E-state index in [4.69, 9.17) is 22.1 Å². The molecule has 2 N–H and O–H groups in total. The maximum atomic E-state index is 10.9. The Morgan fingerprint density at radius 2 is 1.95 bits per heavy atom. The number of alkyl halides is 1. The van der Waals surface area contributed by atoms with Crippen molar-refractivity contribution in [1.82, 2.24) is 0 Å². The Morgan fingerprint density at radius 3 is 2.26 bits per heavy atom. The molecule has 1 aromatic rings. The molecule has 0 heterocycles. The lowest BCUT2D eigenvalue weighted by Gasteiger charge is -2.22. The number of rotatable bonds is 4. The van der Waals surface area contributed by atoms with Gasteiger partial charge in [-0.1, -0.05) is 43.8 Å². The summed E-state index contributed by atoms with van der Waals surface area (Å²) < 4.78 is 4.89. The fourth-order valence-electron chi connectivity index (χ4n) is 0.938. The van der Waals surface area contributed by atoms with Gasteiger partial charge in [-0.2, -0.15) is 0 Å². The molecule has 1 atom stereocenters. The molecular weight excluding hydrogens is 262 g/mol. The van der Waals surface area contributed by atoms with Gasteiger partial charge in [0.15, 0.2) is 5.72 Å². The Bertz CT molecular complexity index is 402. The molecule has 0 radical (unpaired) electrons. The van der Waals surface area contributed by atoms with E-state index in [2.05, 4.69) is 6.58 Å². The van der Waals surface area contributed by atoms with E-state index < -0.39 is 11.7 Å². The first kappa shape index (κ1) is 17.7. The van der Waals surface area contributed by atoms with Crippen molar-refractivity contribution in [2.45, 2.75) is 38.8 Å². The number of carbonyl (C=O) groups excluding carboxylic acids is 1. The summed E-state index contributed by atoms with van der Waals surface area (Å²) in [6, 6.07) is 9.96. The average molecular weight is 284 g/mol. The van der Waals surface area contributed by atoms with Gasteiger partial charge in [-0.25, -0.2) is 4.79 Å². The van der Waals surface area contributed by atoms with Gasteiger partial charge in [0.1, 0.15) is 0 Å². The third kappa shape index (κ3) is 8.41. The molecule has 0 aromatic heterocycles. The molecule has 0 fully saturated rings. The zero-order valence-electron chi connectivity index (χ0n) is 11.8. The van der Waals surface area contributed by atoms with Crippen LogP contribution in [0.15, 0.2) is 42.5 Å². The second-order valence-corrected chi connectivity index (χ2v) is 4.72. The number of ether oxygens (including phenoxy) is 1. The summed E-state index contributed by atoms with van der Waals surface area (Å²) in [6.45, 7) is 8.55. The molecule has 0 aliphatic carbocycles. The van der Waals surface area contributed by atoms with Crippen LogP contribution in [0.1, 0.15) is 32.8 Å². The van der Waals surface area contributed by atoms with E-state index in [1.54, 1.807) is 13.8 Å². The number of carbonyl (C=O) groups is 1. The number of nitrogens with two attached hydrogens (primary N) is 1. The molecule has 1 aromatic carbocycles. The maximum Gasteiger partial charge on any atom is 0.334 e. The molecule has 0 saturated heterocycles.